The van der Waals surface area contributed by atoms with E-state index in [2.05, 4.69) is 27.8 Å². The van der Waals surface area contributed by atoms with Gasteiger partial charge >= 0.3 is 0 Å². The molecule has 1 unspecified atom stereocenters. The Morgan fingerprint density at radius 2 is 1.59 bits per heavy atom. The van der Waals surface area contributed by atoms with Crippen LogP contribution in [-0.2, 0) is 19.2 Å². The van der Waals surface area contributed by atoms with Crippen molar-refractivity contribution in [3.05, 3.63) is 101 Å². The normalized spacial score (nSPS) is 18.7. The van der Waals surface area contributed by atoms with Crippen molar-refractivity contribution in [2.45, 2.75) is 89.0 Å². The van der Waals surface area contributed by atoms with Crippen LogP contribution in [0.4, 0.5) is 0 Å². The number of aromatic nitrogens is 1. The maximum atomic E-state index is 13.3. The van der Waals surface area contributed by atoms with Gasteiger partial charge in [-0.15, -0.1) is 0 Å². The molecule has 1 atom stereocenters. The molecule has 61 heavy (non-hydrogen) atoms. The lowest BCUT2D eigenvalue weighted by atomic mass is 9.88. The summed E-state index contributed by atoms with van der Waals surface area (Å²) in [6.45, 7) is 3.75. The fraction of sp³-hybridized carbons (Fsp3) is 0.447. The third-order valence-electron chi connectivity index (χ3n) is 12.3. The van der Waals surface area contributed by atoms with E-state index in [0.717, 1.165) is 68.5 Å². The van der Waals surface area contributed by atoms with Gasteiger partial charge in [-0.05, 0) is 111 Å². The highest BCUT2D eigenvalue weighted by Crippen LogP contribution is 2.34. The van der Waals surface area contributed by atoms with Crippen molar-refractivity contribution in [2.24, 2.45) is 5.92 Å². The molecule has 3 fully saturated rings. The molecule has 0 bridgehead atoms. The summed E-state index contributed by atoms with van der Waals surface area (Å²) in [5.74, 6) is -1.06. The van der Waals surface area contributed by atoms with Gasteiger partial charge in [-0.1, -0.05) is 37.1 Å². The Balaban J connectivity index is 0.761. The molecule has 7 rings (SSSR count). The molecule has 0 radical (unpaired) electrons. The molecule has 4 aliphatic rings. The van der Waals surface area contributed by atoms with Crippen molar-refractivity contribution in [1.82, 2.24) is 30.3 Å². The number of carbonyl (C=O) groups is 7. The van der Waals surface area contributed by atoms with Gasteiger partial charge in [0.15, 0.2) is 0 Å². The number of likely N-dealkylation sites (tertiary alicyclic amines) is 2. The molecular formula is C47H54N6O8. The molecule has 2 N–H and O–H groups in total. The van der Waals surface area contributed by atoms with Crippen LogP contribution in [0.3, 0.4) is 0 Å². The second-order valence-electron chi connectivity index (χ2n) is 16.4. The summed E-state index contributed by atoms with van der Waals surface area (Å²) in [6, 6.07) is 15.5. The van der Waals surface area contributed by atoms with Crippen molar-refractivity contribution in [3.63, 3.8) is 0 Å². The second kappa shape index (κ2) is 20.4. The Bertz CT molecular complexity index is 2120. The van der Waals surface area contributed by atoms with Gasteiger partial charge in [0.05, 0.1) is 17.7 Å². The van der Waals surface area contributed by atoms with Crippen LogP contribution in [0.25, 0.3) is 6.08 Å². The van der Waals surface area contributed by atoms with E-state index in [1.807, 2.05) is 34.1 Å². The Morgan fingerprint density at radius 1 is 0.820 bits per heavy atom. The number of rotatable bonds is 16. The van der Waals surface area contributed by atoms with E-state index in [1.165, 1.54) is 17.7 Å². The summed E-state index contributed by atoms with van der Waals surface area (Å²) in [5, 5.41) is 5.15. The lowest BCUT2D eigenvalue weighted by Gasteiger charge is -2.33. The number of nitrogens with zero attached hydrogens (tertiary/aromatic N) is 4. The van der Waals surface area contributed by atoms with Crippen LogP contribution in [0.15, 0.2) is 73.1 Å². The first-order valence-electron chi connectivity index (χ1n) is 21.7. The second-order valence-corrected chi connectivity index (χ2v) is 16.4. The topological polar surface area (TPSA) is 175 Å². The van der Waals surface area contributed by atoms with Gasteiger partial charge in [0.25, 0.3) is 17.7 Å². The average molecular weight is 831 g/mol. The number of pyridine rings is 1. The summed E-state index contributed by atoms with van der Waals surface area (Å²) in [6.07, 6.45) is 15.1. The zero-order valence-corrected chi connectivity index (χ0v) is 34.5. The van der Waals surface area contributed by atoms with Gasteiger partial charge in [-0.25, -0.2) is 0 Å². The van der Waals surface area contributed by atoms with Gasteiger partial charge in [0.2, 0.25) is 23.6 Å². The molecule has 320 valence electrons. The first kappa shape index (κ1) is 42.9. The van der Waals surface area contributed by atoms with Gasteiger partial charge in [-0.2, -0.15) is 0 Å². The largest absolute Gasteiger partial charge is 0.493 e. The van der Waals surface area contributed by atoms with E-state index < -0.39 is 29.7 Å². The Labute approximate surface area is 356 Å². The minimum atomic E-state index is -1.05. The molecule has 3 saturated heterocycles. The van der Waals surface area contributed by atoms with Crippen molar-refractivity contribution < 1.29 is 38.3 Å². The molecule has 14 heteroatoms. The molecule has 5 heterocycles. The lowest BCUT2D eigenvalue weighted by Crippen LogP contribution is -2.54. The number of benzene rings is 2. The maximum absolute atomic E-state index is 13.3. The van der Waals surface area contributed by atoms with Crippen molar-refractivity contribution in [1.29, 1.82) is 0 Å². The number of fused-ring (bicyclic) bond motifs is 1. The number of hydrogen-bond acceptors (Lipinski definition) is 9. The Hall–Kier alpha value is -6.18. The summed E-state index contributed by atoms with van der Waals surface area (Å²) in [5.41, 5.74) is 3.06. The Morgan fingerprint density at radius 3 is 2.33 bits per heavy atom. The molecule has 7 amide bonds. The van der Waals surface area contributed by atoms with E-state index in [-0.39, 0.29) is 54.0 Å². The zero-order valence-electron chi connectivity index (χ0n) is 34.5. The van der Waals surface area contributed by atoms with Crippen LogP contribution in [0.1, 0.15) is 125 Å². The van der Waals surface area contributed by atoms with Crippen molar-refractivity contribution >= 4 is 47.4 Å². The number of piperidine rings is 3. The highest BCUT2D eigenvalue weighted by molar-refractivity contribution is 6.24. The lowest BCUT2D eigenvalue weighted by molar-refractivity contribution is -0.136. The summed E-state index contributed by atoms with van der Waals surface area (Å²) in [7, 11) is 0. The number of hydrogen-bond donors (Lipinski definition) is 2. The van der Waals surface area contributed by atoms with Gasteiger partial charge in [0, 0.05) is 69.6 Å². The summed E-state index contributed by atoms with van der Waals surface area (Å²) < 4.78 is 5.92. The monoisotopic (exact) mass is 830 g/mol. The first-order chi connectivity index (χ1) is 29.7. The van der Waals surface area contributed by atoms with Crippen molar-refractivity contribution in [2.75, 3.05) is 39.3 Å². The standard InChI is InChI=1S/C47H54N6O8/c54-40(18-12-33-8-6-24-48-31-33)49-25-3-1-7-32-20-26-52(27-21-32)45(58)36-15-13-34(14-16-36)35-22-28-51(29-23-35)42(56)11-2-4-30-61-39-10-5-9-37-43(39)47(60)53(46(37)59)38-17-19-41(55)50-44(38)57/h5-6,8-10,12-16,18,24,31-32,35,38H,1-4,7,11,17,19-23,25-30H2,(H,49,54)(H,50,55,57)/b18-12+. The Kier molecular flexibility index (Phi) is 14.3. The highest BCUT2D eigenvalue weighted by Gasteiger charge is 2.46. The van der Waals surface area contributed by atoms with E-state index in [9.17, 15) is 33.6 Å². The molecule has 1 aromatic heterocycles. The predicted octanol–water partition coefficient (Wildman–Crippen LogP) is 5.29. The fourth-order valence-corrected chi connectivity index (χ4v) is 8.77. The SMILES string of the molecule is O=C(/C=C/c1cccnc1)NCCCCC1CCN(C(=O)c2ccc(C3CCN(C(=O)CCCCOc4cccc5c4C(=O)N(C4CCC(=O)NC4=O)C5=O)CC3)cc2)CC1. The number of ether oxygens (including phenoxy) is 1. The molecule has 2 aromatic carbocycles. The number of unbranched alkanes of at least 4 members (excludes halogenated alkanes) is 2. The van der Waals surface area contributed by atoms with E-state index in [4.69, 9.17) is 4.74 Å². The van der Waals surface area contributed by atoms with Gasteiger partial charge < -0.3 is 19.9 Å². The quantitative estimate of drug-likeness (QED) is 0.110. The van der Waals surface area contributed by atoms with Gasteiger partial charge in [-0.3, -0.25) is 48.8 Å². The van der Waals surface area contributed by atoms with Crippen LogP contribution in [0, 0.1) is 5.92 Å². The number of nitrogens with one attached hydrogen (secondary N) is 2. The van der Waals surface area contributed by atoms with Crippen LogP contribution in [0.2, 0.25) is 0 Å². The molecule has 3 aromatic rings. The van der Waals surface area contributed by atoms with E-state index >= 15 is 0 Å². The van der Waals surface area contributed by atoms with Gasteiger partial charge in [0.1, 0.15) is 11.8 Å². The molecule has 4 aliphatic heterocycles. The fourth-order valence-electron chi connectivity index (χ4n) is 8.77. The molecule has 0 spiro atoms. The minimum Gasteiger partial charge on any atom is -0.493 e. The third-order valence-corrected chi connectivity index (χ3v) is 12.3. The summed E-state index contributed by atoms with van der Waals surface area (Å²) in [4.78, 5) is 97.7. The van der Waals surface area contributed by atoms with E-state index in [1.54, 1.807) is 30.6 Å². The zero-order chi connectivity index (χ0) is 42.7. The number of amides is 7. The molecule has 14 nitrogen and oxygen atoms in total. The van der Waals surface area contributed by atoms with E-state index in [0.29, 0.717) is 56.3 Å². The van der Waals surface area contributed by atoms with Crippen LogP contribution in [0.5, 0.6) is 5.75 Å². The molecule has 0 saturated carbocycles. The number of carbonyl (C=O) groups excluding carboxylic acids is 7. The molecular weight excluding hydrogens is 777 g/mol. The first-order valence-corrected chi connectivity index (χ1v) is 21.7. The molecule has 0 aliphatic carbocycles. The van der Waals surface area contributed by atoms with Crippen LogP contribution < -0.4 is 15.4 Å². The van der Waals surface area contributed by atoms with Crippen LogP contribution in [-0.4, -0.2) is 106 Å². The highest BCUT2D eigenvalue weighted by atomic mass is 16.5. The number of imide groups is 2. The van der Waals surface area contributed by atoms with Crippen LogP contribution >= 0.6 is 0 Å². The van der Waals surface area contributed by atoms with Crippen molar-refractivity contribution in [3.8, 4) is 5.75 Å². The smallest absolute Gasteiger partial charge is 0.266 e. The maximum Gasteiger partial charge on any atom is 0.266 e. The third kappa shape index (κ3) is 10.8. The predicted molar refractivity (Wildman–Crippen MR) is 226 cm³/mol. The summed E-state index contributed by atoms with van der Waals surface area (Å²) >= 11 is 0. The minimum absolute atomic E-state index is 0.0458. The average Bonchev–Trinajstić information content (AvgIpc) is 3.54.